The maximum Gasteiger partial charge on any atom is 0.132 e. The summed E-state index contributed by atoms with van der Waals surface area (Å²) in [7, 11) is 0. The molecule has 2 unspecified atom stereocenters. The van der Waals surface area contributed by atoms with Crippen LogP contribution in [0.4, 0.5) is 5.82 Å². The van der Waals surface area contributed by atoms with E-state index in [0.717, 1.165) is 49.9 Å². The van der Waals surface area contributed by atoms with Crippen molar-refractivity contribution in [1.82, 2.24) is 25.2 Å². The third kappa shape index (κ3) is 2.56. The molecule has 0 amide bonds. The Morgan fingerprint density at radius 2 is 1.88 bits per heavy atom. The van der Waals surface area contributed by atoms with E-state index in [1.807, 2.05) is 6.92 Å². The highest BCUT2D eigenvalue weighted by atomic mass is 16.6. The number of rotatable bonds is 4. The Hall–Kier alpha value is -2.02. The van der Waals surface area contributed by atoms with Crippen LogP contribution in [0.15, 0.2) is 17.0 Å². The molecule has 4 heterocycles. The lowest BCUT2D eigenvalue weighted by molar-refractivity contribution is 0.275. The van der Waals surface area contributed by atoms with E-state index in [1.165, 1.54) is 18.5 Å². The van der Waals surface area contributed by atoms with E-state index in [4.69, 9.17) is 4.63 Å². The molecular weight excluding hydrogens is 304 g/mol. The zero-order valence-corrected chi connectivity index (χ0v) is 13.9. The van der Waals surface area contributed by atoms with Crippen LogP contribution in [-0.4, -0.2) is 51.4 Å². The first-order valence-electron chi connectivity index (χ1n) is 8.83. The minimum atomic E-state index is 0.684. The van der Waals surface area contributed by atoms with Gasteiger partial charge in [0.2, 0.25) is 0 Å². The SMILES string of the molecule is Cc1nonc1CN1CC2CN(c3cc(C4CC4)ncn3)CC2C1. The average molecular weight is 326 g/mol. The van der Waals surface area contributed by atoms with Gasteiger partial charge in [0.15, 0.2) is 0 Å². The van der Waals surface area contributed by atoms with Crippen LogP contribution in [0.1, 0.15) is 35.8 Å². The number of likely N-dealkylation sites (tertiary alicyclic amines) is 1. The molecule has 1 saturated carbocycles. The normalized spacial score (nSPS) is 27.0. The number of aryl methyl sites for hydroxylation is 1. The lowest BCUT2D eigenvalue weighted by Crippen LogP contribution is -2.29. The highest BCUT2D eigenvalue weighted by Crippen LogP contribution is 2.40. The molecule has 126 valence electrons. The summed E-state index contributed by atoms with van der Waals surface area (Å²) in [6.07, 6.45) is 4.31. The van der Waals surface area contributed by atoms with Gasteiger partial charge in [-0.3, -0.25) is 4.90 Å². The second-order valence-corrected chi connectivity index (χ2v) is 7.49. The van der Waals surface area contributed by atoms with Crippen molar-refractivity contribution in [1.29, 1.82) is 0 Å². The summed E-state index contributed by atoms with van der Waals surface area (Å²) in [6.45, 7) is 7.23. The first-order chi connectivity index (χ1) is 11.8. The maximum atomic E-state index is 4.81. The number of fused-ring (bicyclic) bond motifs is 1. The van der Waals surface area contributed by atoms with Gasteiger partial charge in [0, 0.05) is 50.4 Å². The molecule has 0 spiro atoms. The molecule has 0 aromatic carbocycles. The van der Waals surface area contributed by atoms with Gasteiger partial charge in [0.05, 0.1) is 0 Å². The van der Waals surface area contributed by atoms with Gasteiger partial charge < -0.3 is 4.90 Å². The van der Waals surface area contributed by atoms with Crippen molar-refractivity contribution in [2.24, 2.45) is 11.8 Å². The van der Waals surface area contributed by atoms with Gasteiger partial charge >= 0.3 is 0 Å². The molecule has 5 rings (SSSR count). The third-order valence-electron chi connectivity index (χ3n) is 5.68. The van der Waals surface area contributed by atoms with Crippen molar-refractivity contribution in [3.05, 3.63) is 29.5 Å². The molecule has 2 aliphatic heterocycles. The molecule has 2 aromatic rings. The van der Waals surface area contributed by atoms with E-state index in [-0.39, 0.29) is 0 Å². The van der Waals surface area contributed by atoms with Crippen molar-refractivity contribution in [2.75, 3.05) is 31.1 Å². The number of hydrogen-bond donors (Lipinski definition) is 0. The zero-order valence-electron chi connectivity index (χ0n) is 13.9. The van der Waals surface area contributed by atoms with Gasteiger partial charge in [-0.15, -0.1) is 0 Å². The highest BCUT2D eigenvalue weighted by Gasteiger charge is 2.41. The van der Waals surface area contributed by atoms with Crippen LogP contribution in [0.3, 0.4) is 0 Å². The Bertz CT molecular complexity index is 728. The third-order valence-corrected chi connectivity index (χ3v) is 5.68. The predicted molar refractivity (Wildman–Crippen MR) is 87.5 cm³/mol. The molecule has 2 aromatic heterocycles. The Morgan fingerprint density at radius 1 is 1.08 bits per heavy atom. The molecular formula is C17H22N6O. The van der Waals surface area contributed by atoms with Crippen LogP contribution in [0.2, 0.25) is 0 Å². The molecule has 2 atom stereocenters. The summed E-state index contributed by atoms with van der Waals surface area (Å²) in [4.78, 5) is 13.9. The summed E-state index contributed by atoms with van der Waals surface area (Å²) >= 11 is 0. The molecule has 3 fully saturated rings. The van der Waals surface area contributed by atoms with Gasteiger partial charge in [0.25, 0.3) is 0 Å². The van der Waals surface area contributed by atoms with Crippen LogP contribution in [0.25, 0.3) is 0 Å². The smallest absolute Gasteiger partial charge is 0.132 e. The molecule has 0 bridgehead atoms. The summed E-state index contributed by atoms with van der Waals surface area (Å²) in [5.41, 5.74) is 3.10. The maximum absolute atomic E-state index is 4.81. The van der Waals surface area contributed by atoms with E-state index in [2.05, 4.69) is 36.1 Å². The second-order valence-electron chi connectivity index (χ2n) is 7.49. The van der Waals surface area contributed by atoms with Crippen LogP contribution in [-0.2, 0) is 6.54 Å². The Labute approximate surface area is 141 Å². The molecule has 1 aliphatic carbocycles. The topological polar surface area (TPSA) is 71.2 Å². The summed E-state index contributed by atoms with van der Waals surface area (Å²) in [6, 6.07) is 2.21. The zero-order chi connectivity index (χ0) is 16.1. The minimum Gasteiger partial charge on any atom is -0.356 e. The van der Waals surface area contributed by atoms with Gasteiger partial charge in [0.1, 0.15) is 23.5 Å². The number of aromatic nitrogens is 4. The number of nitrogens with zero attached hydrogens (tertiary/aromatic N) is 6. The fraction of sp³-hybridized carbons (Fsp3) is 0.647. The van der Waals surface area contributed by atoms with E-state index in [9.17, 15) is 0 Å². The first kappa shape index (κ1) is 14.3. The molecule has 3 aliphatic rings. The average Bonchev–Trinajstić information content (AvgIpc) is 3.10. The van der Waals surface area contributed by atoms with E-state index in [1.54, 1.807) is 6.33 Å². The minimum absolute atomic E-state index is 0.684. The van der Waals surface area contributed by atoms with Gasteiger partial charge in [-0.25, -0.2) is 14.6 Å². The Balaban J connectivity index is 1.23. The lowest BCUT2D eigenvalue weighted by Gasteiger charge is -2.22. The monoisotopic (exact) mass is 326 g/mol. The van der Waals surface area contributed by atoms with Gasteiger partial charge in [-0.2, -0.15) is 0 Å². The van der Waals surface area contributed by atoms with Crippen molar-refractivity contribution < 1.29 is 4.63 Å². The fourth-order valence-corrected chi connectivity index (χ4v) is 4.15. The molecule has 7 nitrogen and oxygen atoms in total. The standard InChI is InChI=1S/C17H22N6O/c1-11-16(21-24-20-11)9-22-5-13-7-23(8-14(13)6-22)17-4-15(12-2-3-12)18-10-19-17/h4,10,12-14H,2-3,5-9H2,1H3. The predicted octanol–water partition coefficient (Wildman–Crippen LogP) is 1.61. The van der Waals surface area contributed by atoms with Gasteiger partial charge in [-0.1, -0.05) is 10.3 Å². The van der Waals surface area contributed by atoms with Crippen molar-refractivity contribution >= 4 is 5.82 Å². The number of anilines is 1. The molecule has 24 heavy (non-hydrogen) atoms. The van der Waals surface area contributed by atoms with Crippen molar-refractivity contribution in [2.45, 2.75) is 32.2 Å². The molecule has 0 radical (unpaired) electrons. The summed E-state index contributed by atoms with van der Waals surface area (Å²) in [5.74, 6) is 3.22. The van der Waals surface area contributed by atoms with Crippen LogP contribution in [0.5, 0.6) is 0 Å². The van der Waals surface area contributed by atoms with Crippen LogP contribution >= 0.6 is 0 Å². The second kappa shape index (κ2) is 5.51. The quantitative estimate of drug-likeness (QED) is 0.845. The largest absolute Gasteiger partial charge is 0.356 e. The van der Waals surface area contributed by atoms with Crippen LogP contribution < -0.4 is 4.90 Å². The number of hydrogen-bond acceptors (Lipinski definition) is 7. The molecule has 7 heteroatoms. The Kier molecular flexibility index (Phi) is 3.29. The van der Waals surface area contributed by atoms with E-state index < -0.39 is 0 Å². The molecule has 0 N–H and O–H groups in total. The highest BCUT2D eigenvalue weighted by molar-refractivity contribution is 5.42. The summed E-state index contributed by atoms with van der Waals surface area (Å²) in [5, 5.41) is 7.89. The van der Waals surface area contributed by atoms with Crippen LogP contribution in [0, 0.1) is 18.8 Å². The molecule has 2 saturated heterocycles. The fourth-order valence-electron chi connectivity index (χ4n) is 4.15. The lowest BCUT2D eigenvalue weighted by atomic mass is 10.0. The van der Waals surface area contributed by atoms with E-state index in [0.29, 0.717) is 17.8 Å². The first-order valence-corrected chi connectivity index (χ1v) is 8.83. The van der Waals surface area contributed by atoms with E-state index >= 15 is 0 Å². The Morgan fingerprint density at radius 3 is 2.54 bits per heavy atom. The van der Waals surface area contributed by atoms with Crippen molar-refractivity contribution in [3.8, 4) is 0 Å². The summed E-state index contributed by atoms with van der Waals surface area (Å²) < 4.78 is 4.81. The van der Waals surface area contributed by atoms with Gasteiger partial charge in [-0.05, 0) is 31.6 Å². The van der Waals surface area contributed by atoms with Crippen molar-refractivity contribution in [3.63, 3.8) is 0 Å².